The molecular weight excluding hydrogens is 93.9 g/mol. The molecule has 0 aromatic carbocycles. The minimum Gasteiger partial charge on any atom is -0.854 e. The van der Waals surface area contributed by atoms with Crippen LogP contribution in [-0.4, -0.2) is 13.2 Å². The monoisotopic (exact) mass is 102 g/mol. The molecule has 0 radical (unpaired) electrons. The molecule has 0 bridgehead atoms. The predicted molar refractivity (Wildman–Crippen MR) is 19.0 cm³/mol. The standard InChI is InChI=1S/C4H8O2.2Li/c5-3-1-2-4-6;;/h1-4H2;;/q-2;2*+1. The van der Waals surface area contributed by atoms with E-state index in [1.807, 2.05) is 0 Å². The number of hydrogen-bond donors (Lipinski definition) is 0. The Kier molecular flexibility index (Phi) is 31.5. The molecule has 0 rings (SSSR count). The molecule has 0 heterocycles. The van der Waals surface area contributed by atoms with Gasteiger partial charge in [-0.3, -0.25) is 0 Å². The van der Waals surface area contributed by atoms with Crippen LogP contribution in [0.4, 0.5) is 0 Å². The zero-order chi connectivity index (χ0) is 4.83. The summed E-state index contributed by atoms with van der Waals surface area (Å²) in [5.74, 6) is 0. The largest absolute Gasteiger partial charge is 1.00 e. The predicted octanol–water partition coefficient (Wildman–Crippen LogP) is -7.50. The first-order valence-corrected chi connectivity index (χ1v) is 2.08. The first kappa shape index (κ1) is 16.1. The van der Waals surface area contributed by atoms with Crippen LogP contribution in [0.5, 0.6) is 0 Å². The zero-order valence-corrected chi connectivity index (χ0v) is 5.64. The molecule has 0 amide bonds. The van der Waals surface area contributed by atoms with Gasteiger partial charge in [-0.15, -0.1) is 13.2 Å². The Morgan fingerprint density at radius 2 is 1.00 bits per heavy atom. The Bertz CT molecular complexity index is 24.0. The van der Waals surface area contributed by atoms with Crippen LogP contribution in [0.2, 0.25) is 0 Å². The van der Waals surface area contributed by atoms with Crippen LogP contribution in [0.3, 0.4) is 0 Å². The van der Waals surface area contributed by atoms with E-state index < -0.39 is 0 Å². The third-order valence-corrected chi connectivity index (χ3v) is 0.539. The van der Waals surface area contributed by atoms with E-state index in [0.717, 1.165) is 0 Å². The molecule has 0 aromatic heterocycles. The normalized spacial score (nSPS) is 6.75. The fourth-order valence-electron chi connectivity index (χ4n) is 0.204. The van der Waals surface area contributed by atoms with Gasteiger partial charge in [-0.2, -0.15) is 0 Å². The van der Waals surface area contributed by atoms with Crippen LogP contribution >= 0.6 is 0 Å². The first-order chi connectivity index (χ1) is 2.91. The van der Waals surface area contributed by atoms with Gasteiger partial charge in [0.1, 0.15) is 0 Å². The molecule has 2 nitrogen and oxygen atoms in total. The van der Waals surface area contributed by atoms with E-state index in [2.05, 4.69) is 0 Å². The molecule has 0 fully saturated rings. The second kappa shape index (κ2) is 15.7. The number of rotatable bonds is 3. The van der Waals surface area contributed by atoms with E-state index in [-0.39, 0.29) is 50.9 Å². The van der Waals surface area contributed by atoms with E-state index in [1.165, 1.54) is 0 Å². The minimum atomic E-state index is -0.0950. The average Bonchev–Trinajstić information content (AvgIpc) is 1.61. The molecule has 4 heteroatoms. The maximum atomic E-state index is 9.55. The smallest absolute Gasteiger partial charge is 0.854 e. The SMILES string of the molecule is [Li+].[Li+].[O-]CCCC[O-]. The molecule has 0 atom stereocenters. The van der Waals surface area contributed by atoms with Gasteiger partial charge in [-0.25, -0.2) is 0 Å². The van der Waals surface area contributed by atoms with Gasteiger partial charge in [-0.05, 0) is 0 Å². The second-order valence-corrected chi connectivity index (χ2v) is 1.12. The quantitative estimate of drug-likeness (QED) is 0.262. The van der Waals surface area contributed by atoms with Crippen molar-refractivity contribution in [3.8, 4) is 0 Å². The molecular formula is C4H8Li2O2. The summed E-state index contributed by atoms with van der Waals surface area (Å²) in [5, 5.41) is 19.1. The van der Waals surface area contributed by atoms with Gasteiger partial charge in [-0.1, -0.05) is 12.8 Å². The van der Waals surface area contributed by atoms with Gasteiger partial charge in [0.25, 0.3) is 0 Å². The van der Waals surface area contributed by atoms with Crippen LogP contribution in [-0.2, 0) is 0 Å². The summed E-state index contributed by atoms with van der Waals surface area (Å²) in [5.41, 5.74) is 0. The maximum absolute atomic E-state index is 9.55. The number of hydrogen-bond acceptors (Lipinski definition) is 2. The van der Waals surface area contributed by atoms with E-state index >= 15 is 0 Å². The van der Waals surface area contributed by atoms with Crippen molar-refractivity contribution in [2.75, 3.05) is 13.2 Å². The van der Waals surface area contributed by atoms with E-state index in [9.17, 15) is 10.2 Å². The van der Waals surface area contributed by atoms with E-state index in [0.29, 0.717) is 12.8 Å². The van der Waals surface area contributed by atoms with Gasteiger partial charge < -0.3 is 10.2 Å². The first-order valence-electron chi connectivity index (χ1n) is 2.08. The Hall–Kier alpha value is 1.11. The molecule has 0 aliphatic carbocycles. The summed E-state index contributed by atoms with van der Waals surface area (Å²) in [6, 6.07) is 0. The van der Waals surface area contributed by atoms with Crippen LogP contribution < -0.4 is 47.9 Å². The average molecular weight is 102 g/mol. The van der Waals surface area contributed by atoms with Crippen LogP contribution in [0, 0.1) is 0 Å². The molecule has 38 valence electrons. The second-order valence-electron chi connectivity index (χ2n) is 1.12. The summed E-state index contributed by atoms with van der Waals surface area (Å²) in [4.78, 5) is 0. The maximum Gasteiger partial charge on any atom is 1.00 e. The summed E-state index contributed by atoms with van der Waals surface area (Å²) < 4.78 is 0. The van der Waals surface area contributed by atoms with Crippen molar-refractivity contribution >= 4 is 0 Å². The summed E-state index contributed by atoms with van der Waals surface area (Å²) in [6.45, 7) is -0.190. The fraction of sp³-hybridized carbons (Fsp3) is 1.00. The third kappa shape index (κ3) is 15.7. The molecule has 0 saturated heterocycles. The van der Waals surface area contributed by atoms with E-state index in [1.54, 1.807) is 0 Å². The Labute approximate surface area is 74.0 Å². The topological polar surface area (TPSA) is 46.1 Å². The van der Waals surface area contributed by atoms with Crippen molar-refractivity contribution in [1.82, 2.24) is 0 Å². The van der Waals surface area contributed by atoms with Crippen molar-refractivity contribution in [1.29, 1.82) is 0 Å². The zero-order valence-electron chi connectivity index (χ0n) is 5.64. The van der Waals surface area contributed by atoms with Crippen molar-refractivity contribution in [3.63, 3.8) is 0 Å². The number of unbranched alkanes of at least 4 members (excludes halogenated alkanes) is 1. The molecule has 0 saturated carbocycles. The van der Waals surface area contributed by atoms with Crippen LogP contribution in [0.25, 0.3) is 0 Å². The van der Waals surface area contributed by atoms with Gasteiger partial charge >= 0.3 is 37.7 Å². The van der Waals surface area contributed by atoms with Crippen molar-refractivity contribution in [3.05, 3.63) is 0 Å². The van der Waals surface area contributed by atoms with Gasteiger partial charge in [0.15, 0.2) is 0 Å². The Morgan fingerprint density at radius 3 is 1.12 bits per heavy atom. The molecule has 0 spiro atoms. The molecule has 8 heavy (non-hydrogen) atoms. The van der Waals surface area contributed by atoms with E-state index in [4.69, 9.17) is 0 Å². The molecule has 0 aromatic rings. The minimum absolute atomic E-state index is 0. The third-order valence-electron chi connectivity index (χ3n) is 0.539. The summed E-state index contributed by atoms with van der Waals surface area (Å²) >= 11 is 0. The van der Waals surface area contributed by atoms with Crippen molar-refractivity contribution in [2.45, 2.75) is 12.8 Å². The van der Waals surface area contributed by atoms with Gasteiger partial charge in [0, 0.05) is 0 Å². The summed E-state index contributed by atoms with van der Waals surface area (Å²) in [6.07, 6.45) is 1.09. The molecule has 0 N–H and O–H groups in total. The molecule has 0 aliphatic heterocycles. The Morgan fingerprint density at radius 1 is 0.750 bits per heavy atom. The summed E-state index contributed by atoms with van der Waals surface area (Å²) in [7, 11) is 0. The fourth-order valence-corrected chi connectivity index (χ4v) is 0.204. The van der Waals surface area contributed by atoms with Crippen molar-refractivity contribution < 1.29 is 47.9 Å². The van der Waals surface area contributed by atoms with Crippen LogP contribution in [0.15, 0.2) is 0 Å². The van der Waals surface area contributed by atoms with Crippen LogP contribution in [0.1, 0.15) is 12.8 Å². The molecule has 0 aliphatic rings. The van der Waals surface area contributed by atoms with Crippen molar-refractivity contribution in [2.24, 2.45) is 0 Å². The Balaban J connectivity index is -0.000000125. The van der Waals surface area contributed by atoms with Gasteiger partial charge in [0.05, 0.1) is 0 Å². The van der Waals surface area contributed by atoms with Gasteiger partial charge in [0.2, 0.25) is 0 Å². The molecule has 0 unspecified atom stereocenters.